The van der Waals surface area contributed by atoms with Crippen LogP contribution < -0.4 is 40.4 Å². The summed E-state index contributed by atoms with van der Waals surface area (Å²) in [4.78, 5) is 4.67. The van der Waals surface area contributed by atoms with Gasteiger partial charge in [-0.2, -0.15) is 0 Å². The van der Waals surface area contributed by atoms with Crippen LogP contribution in [0.15, 0.2) is 103 Å². The Morgan fingerprint density at radius 1 is 0.526 bits per heavy atom. The molecule has 0 unspecified atom stereocenters. The summed E-state index contributed by atoms with van der Waals surface area (Å²) in [6.45, 7) is 0.0658. The molecule has 0 saturated heterocycles. The number of anilines is 6. The van der Waals surface area contributed by atoms with E-state index in [-0.39, 0.29) is 6.71 Å². The molecule has 3 aliphatic heterocycles. The van der Waals surface area contributed by atoms with Crippen molar-refractivity contribution in [2.24, 2.45) is 0 Å². The Labute approximate surface area is 221 Å². The zero-order valence-electron chi connectivity index (χ0n) is 21.0. The number of hydrogen-bond donors (Lipinski definition) is 0. The van der Waals surface area contributed by atoms with Crippen molar-refractivity contribution in [2.75, 3.05) is 24.0 Å². The number of para-hydroxylation sites is 1. The van der Waals surface area contributed by atoms with E-state index < -0.39 is 0 Å². The van der Waals surface area contributed by atoms with Gasteiger partial charge < -0.3 is 24.0 Å². The Bertz CT molecular complexity index is 1730. The number of methoxy groups -OCH3 is 2. The van der Waals surface area contributed by atoms with Crippen LogP contribution in [-0.2, 0) is 0 Å². The normalized spacial score (nSPS) is 13.6. The van der Waals surface area contributed by atoms with E-state index in [0.29, 0.717) is 0 Å². The quantitative estimate of drug-likeness (QED) is 0.285. The molecule has 0 saturated carbocycles. The molecule has 0 aromatic heterocycles. The first kappa shape index (κ1) is 21.3. The Balaban J connectivity index is 1.48. The van der Waals surface area contributed by atoms with Gasteiger partial charge >= 0.3 is 0 Å². The van der Waals surface area contributed by atoms with Crippen molar-refractivity contribution < 1.29 is 14.2 Å². The van der Waals surface area contributed by atoms with Crippen LogP contribution in [-0.4, -0.2) is 20.9 Å². The average Bonchev–Trinajstić information content (AvgIpc) is 2.97. The molecule has 5 aromatic rings. The number of ether oxygens (including phenoxy) is 3. The molecule has 3 aliphatic rings. The van der Waals surface area contributed by atoms with Gasteiger partial charge in [0.25, 0.3) is 6.71 Å². The first-order valence-electron chi connectivity index (χ1n) is 12.7. The Hall–Kier alpha value is -4.84. The summed E-state index contributed by atoms with van der Waals surface area (Å²) >= 11 is 0. The van der Waals surface area contributed by atoms with Crippen LogP contribution in [0, 0.1) is 0 Å². The molecule has 0 spiro atoms. The lowest BCUT2D eigenvalue weighted by atomic mass is 9.32. The maximum atomic E-state index is 6.60. The fourth-order valence-corrected chi connectivity index (χ4v) is 6.31. The molecular weight excluding hydrogens is 471 g/mol. The maximum Gasteiger partial charge on any atom is 0.261 e. The van der Waals surface area contributed by atoms with Crippen molar-refractivity contribution in [3.8, 4) is 23.0 Å². The van der Waals surface area contributed by atoms with Gasteiger partial charge in [-0.05, 0) is 64.9 Å². The van der Waals surface area contributed by atoms with Crippen molar-refractivity contribution in [1.29, 1.82) is 0 Å². The highest BCUT2D eigenvalue weighted by molar-refractivity contribution is 7.01. The summed E-state index contributed by atoms with van der Waals surface area (Å²) in [7, 11) is 3.37. The minimum Gasteiger partial charge on any atom is -0.497 e. The fraction of sp³-hybridized carbons (Fsp3) is 0.0625. The summed E-state index contributed by atoms with van der Waals surface area (Å²) in [5, 5.41) is 0. The molecule has 0 aliphatic carbocycles. The molecule has 0 atom stereocenters. The van der Waals surface area contributed by atoms with E-state index in [1.807, 2.05) is 6.07 Å². The largest absolute Gasteiger partial charge is 0.497 e. The second kappa shape index (κ2) is 7.83. The number of nitrogens with zero attached hydrogens (tertiary/aromatic N) is 2. The van der Waals surface area contributed by atoms with E-state index in [9.17, 15) is 0 Å². The smallest absolute Gasteiger partial charge is 0.261 e. The van der Waals surface area contributed by atoms with Gasteiger partial charge in [-0.15, -0.1) is 0 Å². The molecule has 6 heteroatoms. The molecule has 0 N–H and O–H groups in total. The Kier molecular flexibility index (Phi) is 4.38. The zero-order chi connectivity index (χ0) is 25.4. The van der Waals surface area contributed by atoms with E-state index >= 15 is 0 Å². The molecule has 5 aromatic carbocycles. The van der Waals surface area contributed by atoms with E-state index in [1.54, 1.807) is 14.2 Å². The average molecular weight is 494 g/mol. The van der Waals surface area contributed by atoms with E-state index in [0.717, 1.165) is 51.4 Å². The summed E-state index contributed by atoms with van der Waals surface area (Å²) < 4.78 is 17.9. The number of rotatable bonds is 4. The van der Waals surface area contributed by atoms with E-state index in [2.05, 4.69) is 107 Å². The summed E-state index contributed by atoms with van der Waals surface area (Å²) in [5.74, 6) is 3.29. The van der Waals surface area contributed by atoms with Crippen LogP contribution in [0.2, 0.25) is 0 Å². The molecule has 0 amide bonds. The molecule has 5 nitrogen and oxygen atoms in total. The van der Waals surface area contributed by atoms with Gasteiger partial charge in [0.1, 0.15) is 23.0 Å². The molecular formula is C32H23BN2O3. The summed E-state index contributed by atoms with van der Waals surface area (Å²) in [6.07, 6.45) is 0. The van der Waals surface area contributed by atoms with E-state index in [1.165, 1.54) is 22.1 Å². The topological polar surface area (TPSA) is 34.2 Å². The third-order valence-electron chi connectivity index (χ3n) is 7.80. The van der Waals surface area contributed by atoms with Crippen LogP contribution in [0.25, 0.3) is 0 Å². The minimum absolute atomic E-state index is 0.0658. The number of benzene rings is 5. The summed E-state index contributed by atoms with van der Waals surface area (Å²) in [5.41, 5.74) is 10.3. The minimum atomic E-state index is 0.0658. The monoisotopic (exact) mass is 494 g/mol. The molecule has 0 bridgehead atoms. The van der Waals surface area contributed by atoms with Gasteiger partial charge in [0.15, 0.2) is 0 Å². The lowest BCUT2D eigenvalue weighted by Crippen LogP contribution is -2.63. The standard InChI is InChI=1S/C32H23BN2O3/c1-36-22-17-21(18-23(19-22)37-2)35-25-12-6-11-24-30(25)33-31-26(34(24)20-9-4-3-5-10-20)13-7-15-28(31)38-29-16-8-14-27(35)32(29)33/h3-19H,1-2H3. The molecule has 38 heavy (non-hydrogen) atoms. The third-order valence-corrected chi connectivity index (χ3v) is 7.80. The first-order valence-corrected chi connectivity index (χ1v) is 12.7. The van der Waals surface area contributed by atoms with Gasteiger partial charge in [0, 0.05) is 46.6 Å². The predicted octanol–water partition coefficient (Wildman–Crippen LogP) is 5.89. The second-order valence-corrected chi connectivity index (χ2v) is 9.70. The van der Waals surface area contributed by atoms with Gasteiger partial charge in [-0.3, -0.25) is 0 Å². The first-order chi connectivity index (χ1) is 18.8. The molecule has 3 heterocycles. The Morgan fingerprint density at radius 2 is 1.03 bits per heavy atom. The second-order valence-electron chi connectivity index (χ2n) is 9.70. The van der Waals surface area contributed by atoms with Crippen molar-refractivity contribution in [3.05, 3.63) is 103 Å². The highest BCUT2D eigenvalue weighted by Crippen LogP contribution is 2.48. The van der Waals surface area contributed by atoms with Gasteiger partial charge in [-0.1, -0.05) is 36.4 Å². The molecule has 0 radical (unpaired) electrons. The molecule has 8 rings (SSSR count). The lowest BCUT2D eigenvalue weighted by Gasteiger charge is -2.46. The van der Waals surface area contributed by atoms with E-state index in [4.69, 9.17) is 14.2 Å². The van der Waals surface area contributed by atoms with Crippen molar-refractivity contribution in [1.82, 2.24) is 0 Å². The van der Waals surface area contributed by atoms with Gasteiger partial charge in [0.2, 0.25) is 0 Å². The highest BCUT2D eigenvalue weighted by atomic mass is 16.5. The van der Waals surface area contributed by atoms with Crippen LogP contribution in [0.3, 0.4) is 0 Å². The molecule has 182 valence electrons. The van der Waals surface area contributed by atoms with Crippen LogP contribution >= 0.6 is 0 Å². The molecule has 0 fully saturated rings. The van der Waals surface area contributed by atoms with Gasteiger partial charge in [0.05, 0.1) is 19.9 Å². The van der Waals surface area contributed by atoms with Crippen LogP contribution in [0.4, 0.5) is 34.1 Å². The van der Waals surface area contributed by atoms with Crippen molar-refractivity contribution in [3.63, 3.8) is 0 Å². The van der Waals surface area contributed by atoms with Crippen molar-refractivity contribution >= 4 is 57.2 Å². The zero-order valence-corrected chi connectivity index (χ0v) is 21.0. The van der Waals surface area contributed by atoms with Crippen molar-refractivity contribution in [2.45, 2.75) is 0 Å². The van der Waals surface area contributed by atoms with Crippen LogP contribution in [0.1, 0.15) is 0 Å². The van der Waals surface area contributed by atoms with Gasteiger partial charge in [-0.25, -0.2) is 0 Å². The lowest BCUT2D eigenvalue weighted by molar-refractivity contribution is 0.394. The fourth-order valence-electron chi connectivity index (χ4n) is 6.31. The maximum absolute atomic E-state index is 6.60. The highest BCUT2D eigenvalue weighted by Gasteiger charge is 2.48. The third kappa shape index (κ3) is 2.77. The summed E-state index contributed by atoms with van der Waals surface area (Å²) in [6, 6.07) is 35.9. The van der Waals surface area contributed by atoms with Crippen LogP contribution in [0.5, 0.6) is 23.0 Å². The number of hydrogen-bond acceptors (Lipinski definition) is 5. The Morgan fingerprint density at radius 3 is 1.58 bits per heavy atom. The predicted molar refractivity (Wildman–Crippen MR) is 154 cm³/mol. The SMILES string of the molecule is COc1cc(OC)cc(N2c3cccc4c3B3c5c(cccc5N(c5ccccc5)c5cccc2c53)O4)c1.